The van der Waals surface area contributed by atoms with E-state index in [1.807, 2.05) is 11.6 Å². The number of nitrogens with two attached hydrogens (primary N) is 1. The van der Waals surface area contributed by atoms with Gasteiger partial charge >= 0.3 is 0 Å². The van der Waals surface area contributed by atoms with Gasteiger partial charge in [-0.3, -0.25) is 0 Å². The molecule has 2 N–H and O–H groups in total. The molecule has 3 aromatic heterocycles. The number of imidazole rings is 1. The Hall–Kier alpha value is -1.62. The van der Waals surface area contributed by atoms with Gasteiger partial charge < -0.3 is 10.3 Å². The molecule has 0 aromatic carbocycles. The lowest BCUT2D eigenvalue weighted by atomic mass is 10.3. The summed E-state index contributed by atoms with van der Waals surface area (Å²) in [5.41, 5.74) is 8.44. The number of hydrogen-bond donors (Lipinski definition) is 1. The maximum Gasteiger partial charge on any atom is 0.202 e. The lowest BCUT2D eigenvalue weighted by Crippen LogP contribution is -1.95. The zero-order valence-corrected chi connectivity index (χ0v) is 9.30. The Bertz CT molecular complexity index is 665. The first-order chi connectivity index (χ1) is 7.15. The molecule has 0 aliphatic rings. The summed E-state index contributed by atoms with van der Waals surface area (Å²) >= 11 is 1.74. The highest BCUT2D eigenvalue weighted by Gasteiger charge is 2.09. The summed E-state index contributed by atoms with van der Waals surface area (Å²) in [6.45, 7) is 2.08. The van der Waals surface area contributed by atoms with Gasteiger partial charge in [0.2, 0.25) is 5.95 Å². The van der Waals surface area contributed by atoms with E-state index in [1.54, 1.807) is 11.3 Å². The van der Waals surface area contributed by atoms with Gasteiger partial charge in [0.25, 0.3) is 0 Å². The largest absolute Gasteiger partial charge is 0.369 e. The number of anilines is 1. The van der Waals surface area contributed by atoms with Crippen molar-refractivity contribution in [2.24, 2.45) is 7.05 Å². The van der Waals surface area contributed by atoms with E-state index in [0.29, 0.717) is 5.95 Å². The van der Waals surface area contributed by atoms with Crippen LogP contribution < -0.4 is 5.73 Å². The van der Waals surface area contributed by atoms with Gasteiger partial charge in [-0.15, -0.1) is 11.3 Å². The minimum atomic E-state index is 0.506. The summed E-state index contributed by atoms with van der Waals surface area (Å²) in [7, 11) is 1.90. The van der Waals surface area contributed by atoms with Crippen molar-refractivity contribution in [3.8, 4) is 0 Å². The van der Waals surface area contributed by atoms with Crippen molar-refractivity contribution in [2.75, 3.05) is 5.73 Å². The second-order valence-corrected chi connectivity index (χ2v) is 4.89. The molecule has 0 bridgehead atoms. The molecule has 76 valence electrons. The maximum absolute atomic E-state index is 5.73. The molecular formula is C10H10N4S. The third-order valence-corrected chi connectivity index (χ3v) is 3.50. The molecule has 3 heterocycles. The molecule has 0 radical (unpaired) electrons. The van der Waals surface area contributed by atoms with Crippen molar-refractivity contribution < 1.29 is 0 Å². The Morgan fingerprint density at radius 2 is 2.13 bits per heavy atom. The predicted molar refractivity (Wildman–Crippen MR) is 63.0 cm³/mol. The third kappa shape index (κ3) is 1.13. The van der Waals surface area contributed by atoms with Gasteiger partial charge in [0, 0.05) is 11.9 Å². The normalized spacial score (nSPS) is 11.6. The fourth-order valence-corrected chi connectivity index (χ4v) is 2.60. The van der Waals surface area contributed by atoms with Crippen LogP contribution in [0.1, 0.15) is 4.88 Å². The fraction of sp³-hybridized carbons (Fsp3) is 0.200. The topological polar surface area (TPSA) is 56.7 Å². The molecule has 0 spiro atoms. The second-order valence-electron chi connectivity index (χ2n) is 3.60. The van der Waals surface area contributed by atoms with E-state index in [4.69, 9.17) is 5.73 Å². The zero-order chi connectivity index (χ0) is 10.6. The lowest BCUT2D eigenvalue weighted by Gasteiger charge is -1.94. The number of pyridine rings is 1. The van der Waals surface area contributed by atoms with E-state index in [9.17, 15) is 0 Å². The van der Waals surface area contributed by atoms with Crippen molar-refractivity contribution in [1.82, 2.24) is 14.5 Å². The van der Waals surface area contributed by atoms with Crippen LogP contribution in [-0.2, 0) is 7.05 Å². The van der Waals surface area contributed by atoms with Crippen LogP contribution in [0.4, 0.5) is 5.95 Å². The van der Waals surface area contributed by atoms with Crippen molar-refractivity contribution >= 4 is 38.7 Å². The number of fused-ring (bicyclic) bond motifs is 2. The molecule has 0 amide bonds. The number of rotatable bonds is 0. The van der Waals surface area contributed by atoms with Gasteiger partial charge in [0.1, 0.15) is 0 Å². The minimum Gasteiger partial charge on any atom is -0.369 e. The fourth-order valence-electron chi connectivity index (χ4n) is 1.71. The summed E-state index contributed by atoms with van der Waals surface area (Å²) in [6, 6.07) is 4.17. The Kier molecular flexibility index (Phi) is 1.56. The zero-order valence-electron chi connectivity index (χ0n) is 8.48. The van der Waals surface area contributed by atoms with Crippen molar-refractivity contribution in [3.63, 3.8) is 0 Å². The summed E-state index contributed by atoms with van der Waals surface area (Å²) in [4.78, 5) is 9.95. The van der Waals surface area contributed by atoms with E-state index < -0.39 is 0 Å². The highest BCUT2D eigenvalue weighted by molar-refractivity contribution is 7.19. The lowest BCUT2D eigenvalue weighted by molar-refractivity contribution is 0.966. The highest BCUT2D eigenvalue weighted by atomic mass is 32.1. The SMILES string of the molecule is Cc1cc2nc3nc(N)n(C)c3cc2s1. The predicted octanol–water partition coefficient (Wildman–Crippen LogP) is 2.07. The van der Waals surface area contributed by atoms with Crippen molar-refractivity contribution in [3.05, 3.63) is 17.0 Å². The number of aryl methyl sites for hydroxylation is 2. The molecule has 5 heteroatoms. The number of thiophene rings is 1. The van der Waals surface area contributed by atoms with Gasteiger partial charge in [-0.25, -0.2) is 4.98 Å². The van der Waals surface area contributed by atoms with E-state index in [1.165, 1.54) is 9.58 Å². The number of nitrogen functional groups attached to an aromatic ring is 1. The average molecular weight is 218 g/mol. The van der Waals surface area contributed by atoms with Gasteiger partial charge in [-0.2, -0.15) is 4.98 Å². The Labute approximate surface area is 90.4 Å². The molecule has 0 aliphatic carbocycles. The number of nitrogens with zero attached hydrogens (tertiary/aromatic N) is 3. The molecular weight excluding hydrogens is 208 g/mol. The second kappa shape index (κ2) is 2.70. The molecule has 0 fully saturated rings. The number of hydrogen-bond acceptors (Lipinski definition) is 4. The van der Waals surface area contributed by atoms with Gasteiger partial charge in [0.15, 0.2) is 5.65 Å². The van der Waals surface area contributed by atoms with Crippen LogP contribution in [0, 0.1) is 6.92 Å². The van der Waals surface area contributed by atoms with Gasteiger partial charge in [-0.05, 0) is 19.1 Å². The minimum absolute atomic E-state index is 0.506. The monoisotopic (exact) mass is 218 g/mol. The van der Waals surface area contributed by atoms with E-state index in [2.05, 4.69) is 29.0 Å². The molecule has 0 atom stereocenters. The Morgan fingerprint density at radius 3 is 2.93 bits per heavy atom. The molecule has 0 aliphatic heterocycles. The van der Waals surface area contributed by atoms with Crippen LogP contribution in [0.25, 0.3) is 21.4 Å². The first-order valence-corrected chi connectivity index (χ1v) is 5.46. The van der Waals surface area contributed by atoms with Gasteiger partial charge in [0.05, 0.1) is 15.7 Å². The molecule has 3 rings (SSSR count). The molecule has 3 aromatic rings. The van der Waals surface area contributed by atoms with Crippen LogP contribution in [0.15, 0.2) is 12.1 Å². The molecule has 15 heavy (non-hydrogen) atoms. The Morgan fingerprint density at radius 1 is 1.33 bits per heavy atom. The van der Waals surface area contributed by atoms with Crippen LogP contribution in [-0.4, -0.2) is 14.5 Å². The summed E-state index contributed by atoms with van der Waals surface area (Å²) in [6.07, 6.45) is 0. The first kappa shape index (κ1) is 8.67. The maximum atomic E-state index is 5.73. The van der Waals surface area contributed by atoms with E-state index in [0.717, 1.165) is 16.7 Å². The third-order valence-electron chi connectivity index (χ3n) is 2.51. The summed E-state index contributed by atoms with van der Waals surface area (Å²) in [5, 5.41) is 0. The Balaban J connectivity index is 2.51. The first-order valence-electron chi connectivity index (χ1n) is 4.64. The van der Waals surface area contributed by atoms with Crippen LogP contribution >= 0.6 is 11.3 Å². The smallest absolute Gasteiger partial charge is 0.202 e. The molecule has 0 saturated heterocycles. The molecule has 4 nitrogen and oxygen atoms in total. The van der Waals surface area contributed by atoms with Crippen LogP contribution in [0.5, 0.6) is 0 Å². The van der Waals surface area contributed by atoms with Gasteiger partial charge in [-0.1, -0.05) is 0 Å². The van der Waals surface area contributed by atoms with Crippen LogP contribution in [0.3, 0.4) is 0 Å². The quantitative estimate of drug-likeness (QED) is 0.628. The standard InChI is InChI=1S/C10H10N4S/c1-5-3-6-8(15-5)4-7-9(12-6)13-10(11)14(7)2/h3-4H,1-2H3,(H2,11,12,13). The van der Waals surface area contributed by atoms with Crippen LogP contribution in [0.2, 0.25) is 0 Å². The van der Waals surface area contributed by atoms with Crippen molar-refractivity contribution in [1.29, 1.82) is 0 Å². The highest BCUT2D eigenvalue weighted by Crippen LogP contribution is 2.27. The van der Waals surface area contributed by atoms with E-state index >= 15 is 0 Å². The average Bonchev–Trinajstić information content (AvgIpc) is 2.65. The number of aromatic nitrogens is 3. The molecule has 0 unspecified atom stereocenters. The molecule has 0 saturated carbocycles. The van der Waals surface area contributed by atoms with E-state index in [-0.39, 0.29) is 0 Å². The summed E-state index contributed by atoms with van der Waals surface area (Å²) < 4.78 is 3.04. The van der Waals surface area contributed by atoms with Crippen molar-refractivity contribution in [2.45, 2.75) is 6.92 Å². The summed E-state index contributed by atoms with van der Waals surface area (Å²) in [5.74, 6) is 0.506.